The first kappa shape index (κ1) is 18.4. The van der Waals surface area contributed by atoms with E-state index in [1.54, 1.807) is 12.1 Å². The molecule has 142 valence electrons. The van der Waals surface area contributed by atoms with Crippen molar-refractivity contribution in [2.24, 2.45) is 0 Å². The van der Waals surface area contributed by atoms with Crippen LogP contribution in [0.25, 0.3) is 11.5 Å². The Morgan fingerprint density at radius 1 is 0.889 bits per heavy atom. The standard InChI is InChI=1S/C18H16F2N2O5/c1-23-14-6-10(7-15(24-2)17(14)25-3)18-22-21-16(27-18)9-26-13-5-4-11(19)8-12(13)20/h4-8H,9H2,1-3H3. The fourth-order valence-electron chi connectivity index (χ4n) is 2.36. The van der Waals surface area contributed by atoms with E-state index in [1.807, 2.05) is 0 Å². The minimum Gasteiger partial charge on any atom is -0.493 e. The Balaban J connectivity index is 1.81. The monoisotopic (exact) mass is 378 g/mol. The maximum Gasteiger partial charge on any atom is 0.254 e. The third-order valence-electron chi connectivity index (χ3n) is 3.62. The van der Waals surface area contributed by atoms with Crippen LogP contribution in [0, 0.1) is 11.6 Å². The highest BCUT2D eigenvalue weighted by Gasteiger charge is 2.18. The number of benzene rings is 2. The molecule has 3 aromatic rings. The molecule has 0 aliphatic carbocycles. The second-order valence-electron chi connectivity index (χ2n) is 5.28. The molecule has 1 heterocycles. The zero-order chi connectivity index (χ0) is 19.4. The van der Waals surface area contributed by atoms with Gasteiger partial charge in [0.05, 0.1) is 21.3 Å². The number of hydrogen-bond acceptors (Lipinski definition) is 7. The number of hydrogen-bond donors (Lipinski definition) is 0. The number of halogens is 2. The zero-order valence-corrected chi connectivity index (χ0v) is 14.8. The molecule has 0 fully saturated rings. The highest BCUT2D eigenvalue weighted by Crippen LogP contribution is 2.40. The molecule has 0 aliphatic rings. The Hall–Kier alpha value is -3.36. The molecular weight excluding hydrogens is 362 g/mol. The minimum absolute atomic E-state index is 0.113. The van der Waals surface area contributed by atoms with Crippen LogP contribution in [0.2, 0.25) is 0 Å². The second-order valence-corrected chi connectivity index (χ2v) is 5.28. The summed E-state index contributed by atoms with van der Waals surface area (Å²) in [4.78, 5) is 0. The lowest BCUT2D eigenvalue weighted by Gasteiger charge is -2.12. The van der Waals surface area contributed by atoms with E-state index in [0.29, 0.717) is 22.8 Å². The summed E-state index contributed by atoms with van der Waals surface area (Å²) < 4.78 is 53.1. The summed E-state index contributed by atoms with van der Waals surface area (Å²) >= 11 is 0. The summed E-state index contributed by atoms with van der Waals surface area (Å²) in [6, 6.07) is 6.30. The van der Waals surface area contributed by atoms with Crippen LogP contribution in [0.5, 0.6) is 23.0 Å². The molecule has 0 atom stereocenters. The van der Waals surface area contributed by atoms with Gasteiger partial charge in [0.15, 0.2) is 29.7 Å². The average Bonchev–Trinajstić information content (AvgIpc) is 3.15. The normalized spacial score (nSPS) is 10.6. The van der Waals surface area contributed by atoms with Gasteiger partial charge in [-0.25, -0.2) is 8.78 Å². The molecule has 0 aliphatic heterocycles. The van der Waals surface area contributed by atoms with Crippen LogP contribution >= 0.6 is 0 Å². The first-order valence-electron chi connectivity index (χ1n) is 7.76. The second kappa shape index (κ2) is 7.90. The largest absolute Gasteiger partial charge is 0.493 e. The molecule has 1 aromatic heterocycles. The third kappa shape index (κ3) is 3.91. The first-order chi connectivity index (χ1) is 13.0. The van der Waals surface area contributed by atoms with E-state index in [1.165, 1.54) is 27.4 Å². The molecule has 0 bridgehead atoms. The van der Waals surface area contributed by atoms with E-state index < -0.39 is 11.6 Å². The van der Waals surface area contributed by atoms with Crippen molar-refractivity contribution in [3.63, 3.8) is 0 Å². The Kier molecular flexibility index (Phi) is 5.39. The Bertz CT molecular complexity index is 920. The van der Waals surface area contributed by atoms with Crippen LogP contribution in [-0.4, -0.2) is 31.5 Å². The van der Waals surface area contributed by atoms with Gasteiger partial charge in [-0.05, 0) is 24.3 Å². The van der Waals surface area contributed by atoms with Gasteiger partial charge in [0, 0.05) is 11.6 Å². The van der Waals surface area contributed by atoms with E-state index in [2.05, 4.69) is 10.2 Å². The van der Waals surface area contributed by atoms with Crippen molar-refractivity contribution in [3.05, 3.63) is 47.9 Å². The first-order valence-corrected chi connectivity index (χ1v) is 7.76. The smallest absolute Gasteiger partial charge is 0.254 e. The van der Waals surface area contributed by atoms with Crippen molar-refractivity contribution in [2.45, 2.75) is 6.61 Å². The molecule has 0 unspecified atom stereocenters. The Morgan fingerprint density at radius 3 is 2.19 bits per heavy atom. The number of nitrogens with zero attached hydrogens (tertiary/aromatic N) is 2. The summed E-state index contributed by atoms with van der Waals surface area (Å²) in [5.74, 6) is -0.0494. The van der Waals surface area contributed by atoms with Gasteiger partial charge >= 0.3 is 0 Å². The van der Waals surface area contributed by atoms with E-state index >= 15 is 0 Å². The molecule has 0 amide bonds. The van der Waals surface area contributed by atoms with Gasteiger partial charge in [0.1, 0.15) is 5.82 Å². The van der Waals surface area contributed by atoms with Gasteiger partial charge in [-0.15, -0.1) is 10.2 Å². The maximum absolute atomic E-state index is 13.6. The molecule has 27 heavy (non-hydrogen) atoms. The lowest BCUT2D eigenvalue weighted by atomic mass is 10.2. The van der Waals surface area contributed by atoms with Crippen molar-refractivity contribution < 1.29 is 32.1 Å². The van der Waals surface area contributed by atoms with Gasteiger partial charge in [-0.1, -0.05) is 0 Å². The molecule has 2 aromatic carbocycles. The topological polar surface area (TPSA) is 75.8 Å². The maximum atomic E-state index is 13.6. The Morgan fingerprint density at radius 2 is 1.59 bits per heavy atom. The Labute approximate surface area is 153 Å². The lowest BCUT2D eigenvalue weighted by molar-refractivity contribution is 0.252. The molecule has 7 nitrogen and oxygen atoms in total. The summed E-state index contributed by atoms with van der Waals surface area (Å²) in [7, 11) is 4.48. The average molecular weight is 378 g/mol. The highest BCUT2D eigenvalue weighted by atomic mass is 19.1. The van der Waals surface area contributed by atoms with Crippen molar-refractivity contribution >= 4 is 0 Å². The molecule has 9 heteroatoms. The van der Waals surface area contributed by atoms with Crippen LogP contribution < -0.4 is 18.9 Å². The van der Waals surface area contributed by atoms with Crippen LogP contribution in [0.15, 0.2) is 34.7 Å². The van der Waals surface area contributed by atoms with Crippen LogP contribution in [0.3, 0.4) is 0 Å². The third-order valence-corrected chi connectivity index (χ3v) is 3.62. The van der Waals surface area contributed by atoms with E-state index in [4.69, 9.17) is 23.4 Å². The summed E-state index contributed by atoms with van der Waals surface area (Å²) in [6.07, 6.45) is 0. The molecule has 0 saturated heterocycles. The highest BCUT2D eigenvalue weighted by molar-refractivity contribution is 5.65. The van der Waals surface area contributed by atoms with Gasteiger partial charge in [0.25, 0.3) is 5.89 Å². The summed E-state index contributed by atoms with van der Waals surface area (Å²) in [5.41, 5.74) is 0.538. The van der Waals surface area contributed by atoms with Gasteiger partial charge < -0.3 is 23.4 Å². The SMILES string of the molecule is COc1cc(-c2nnc(COc3ccc(F)cc3F)o2)cc(OC)c1OC. The number of rotatable bonds is 7. The van der Waals surface area contributed by atoms with Gasteiger partial charge in [0.2, 0.25) is 11.6 Å². The van der Waals surface area contributed by atoms with E-state index in [9.17, 15) is 8.78 Å². The van der Waals surface area contributed by atoms with Crippen LogP contribution in [0.4, 0.5) is 8.78 Å². The molecule has 0 radical (unpaired) electrons. The summed E-state index contributed by atoms with van der Waals surface area (Å²) in [6.45, 7) is -0.181. The lowest BCUT2D eigenvalue weighted by Crippen LogP contribution is -1.98. The van der Waals surface area contributed by atoms with Gasteiger partial charge in [-0.3, -0.25) is 0 Å². The zero-order valence-electron chi connectivity index (χ0n) is 14.8. The predicted molar refractivity (Wildman–Crippen MR) is 90.1 cm³/mol. The quantitative estimate of drug-likeness (QED) is 0.621. The number of aromatic nitrogens is 2. The van der Waals surface area contributed by atoms with E-state index in [-0.39, 0.29) is 24.1 Å². The number of ether oxygens (including phenoxy) is 4. The van der Waals surface area contributed by atoms with Crippen LogP contribution in [-0.2, 0) is 6.61 Å². The molecule has 0 spiro atoms. The summed E-state index contributed by atoms with van der Waals surface area (Å²) in [5, 5.41) is 7.80. The van der Waals surface area contributed by atoms with Crippen molar-refractivity contribution in [1.82, 2.24) is 10.2 Å². The fourth-order valence-corrected chi connectivity index (χ4v) is 2.36. The molecule has 3 rings (SSSR count). The van der Waals surface area contributed by atoms with E-state index in [0.717, 1.165) is 12.1 Å². The number of methoxy groups -OCH3 is 3. The molecule has 0 saturated carbocycles. The molecule has 0 N–H and O–H groups in total. The predicted octanol–water partition coefficient (Wildman–Crippen LogP) is 3.62. The molecular formula is C18H16F2N2O5. The van der Waals surface area contributed by atoms with Crippen molar-refractivity contribution in [1.29, 1.82) is 0 Å². The van der Waals surface area contributed by atoms with Gasteiger partial charge in [-0.2, -0.15) is 0 Å². The minimum atomic E-state index is -0.820. The van der Waals surface area contributed by atoms with Crippen molar-refractivity contribution in [3.8, 4) is 34.5 Å². The van der Waals surface area contributed by atoms with Crippen molar-refractivity contribution in [2.75, 3.05) is 21.3 Å². The van der Waals surface area contributed by atoms with Crippen LogP contribution in [0.1, 0.15) is 5.89 Å². The fraction of sp³-hybridized carbons (Fsp3) is 0.222.